The molecule has 3 aromatic rings. The number of piperidine rings is 1. The maximum atomic E-state index is 5.96. The van der Waals surface area contributed by atoms with Gasteiger partial charge in [0.15, 0.2) is 0 Å². The average Bonchev–Trinajstić information content (AvgIpc) is 3.11. The van der Waals surface area contributed by atoms with Gasteiger partial charge in [-0.3, -0.25) is 4.98 Å². The van der Waals surface area contributed by atoms with Crippen LogP contribution in [0.3, 0.4) is 0 Å². The molecular weight excluding hydrogens is 334 g/mol. The largest absolute Gasteiger partial charge is 0.356 e. The van der Waals surface area contributed by atoms with E-state index < -0.39 is 0 Å². The van der Waals surface area contributed by atoms with Gasteiger partial charge >= 0.3 is 0 Å². The Morgan fingerprint density at radius 1 is 1.12 bits per heavy atom. The number of imidazole rings is 1. The molecule has 0 aliphatic carbocycles. The monoisotopic (exact) mass is 353 g/mol. The Morgan fingerprint density at radius 3 is 2.88 bits per heavy atom. The van der Waals surface area contributed by atoms with Crippen LogP contribution < -0.4 is 4.90 Å². The van der Waals surface area contributed by atoms with Crippen LogP contribution in [0.1, 0.15) is 30.1 Å². The predicted octanol–water partition coefficient (Wildman–Crippen LogP) is 3.76. The number of hydrogen-bond donors (Lipinski definition) is 0. The minimum atomic E-state index is 0.401. The summed E-state index contributed by atoms with van der Waals surface area (Å²) in [5.41, 5.74) is 1.19. The zero-order chi connectivity index (χ0) is 17.1. The standard InChI is InChI=1S/C19H20ClN5/c20-17-5-6-18(23-12-17)24-9-2-4-16(14-24)19-22-8-10-25(19)13-15-3-1-7-21-11-15/h1,3,5-8,10-12,16H,2,4,9,13-14H2/t16-/m0/s1. The molecule has 0 radical (unpaired) electrons. The number of rotatable bonds is 4. The number of pyridine rings is 2. The van der Waals surface area contributed by atoms with Crippen LogP contribution in [0.5, 0.6) is 0 Å². The van der Waals surface area contributed by atoms with Gasteiger partial charge in [-0.15, -0.1) is 0 Å². The predicted molar refractivity (Wildman–Crippen MR) is 99.0 cm³/mol. The molecule has 0 saturated carbocycles. The maximum absolute atomic E-state index is 5.96. The average molecular weight is 354 g/mol. The number of hydrogen-bond acceptors (Lipinski definition) is 4. The first kappa shape index (κ1) is 16.1. The van der Waals surface area contributed by atoms with Gasteiger partial charge < -0.3 is 9.47 Å². The van der Waals surface area contributed by atoms with Gasteiger partial charge in [0.2, 0.25) is 0 Å². The van der Waals surface area contributed by atoms with E-state index in [1.54, 1.807) is 12.4 Å². The Balaban J connectivity index is 1.52. The lowest BCUT2D eigenvalue weighted by Gasteiger charge is -2.33. The first-order valence-electron chi connectivity index (χ1n) is 8.56. The second-order valence-electron chi connectivity index (χ2n) is 6.39. The lowest BCUT2D eigenvalue weighted by Crippen LogP contribution is -2.35. The van der Waals surface area contributed by atoms with E-state index in [1.807, 2.05) is 30.6 Å². The molecule has 5 nitrogen and oxygen atoms in total. The molecule has 0 amide bonds. The first-order chi connectivity index (χ1) is 12.3. The summed E-state index contributed by atoms with van der Waals surface area (Å²) in [5.74, 6) is 2.53. The van der Waals surface area contributed by atoms with Gasteiger partial charge in [0.05, 0.1) is 11.6 Å². The summed E-state index contributed by atoms with van der Waals surface area (Å²) in [5, 5.41) is 0.671. The van der Waals surface area contributed by atoms with E-state index in [0.717, 1.165) is 44.1 Å². The van der Waals surface area contributed by atoms with Crippen LogP contribution in [0.4, 0.5) is 5.82 Å². The molecule has 4 heterocycles. The minimum Gasteiger partial charge on any atom is -0.356 e. The third kappa shape index (κ3) is 3.66. The fourth-order valence-electron chi connectivity index (χ4n) is 3.45. The van der Waals surface area contributed by atoms with E-state index in [9.17, 15) is 0 Å². The summed E-state index contributed by atoms with van der Waals surface area (Å²) in [6, 6.07) is 7.96. The highest BCUT2D eigenvalue weighted by Crippen LogP contribution is 2.29. The van der Waals surface area contributed by atoms with Crippen LogP contribution in [-0.4, -0.2) is 32.6 Å². The van der Waals surface area contributed by atoms with Crippen LogP contribution >= 0.6 is 11.6 Å². The van der Waals surface area contributed by atoms with Crippen molar-refractivity contribution >= 4 is 17.4 Å². The Labute approximate surface area is 152 Å². The lowest BCUT2D eigenvalue weighted by molar-refractivity contribution is 0.474. The van der Waals surface area contributed by atoms with Gasteiger partial charge in [0.1, 0.15) is 11.6 Å². The molecule has 128 valence electrons. The van der Waals surface area contributed by atoms with Crippen molar-refractivity contribution < 1.29 is 0 Å². The fraction of sp³-hybridized carbons (Fsp3) is 0.316. The van der Waals surface area contributed by atoms with Gasteiger partial charge in [-0.1, -0.05) is 17.7 Å². The van der Waals surface area contributed by atoms with E-state index >= 15 is 0 Å². The van der Waals surface area contributed by atoms with Crippen molar-refractivity contribution in [3.63, 3.8) is 0 Å². The normalized spacial score (nSPS) is 17.6. The molecule has 0 spiro atoms. The minimum absolute atomic E-state index is 0.401. The smallest absolute Gasteiger partial charge is 0.128 e. The number of anilines is 1. The molecule has 1 fully saturated rings. The van der Waals surface area contributed by atoms with E-state index in [0.29, 0.717) is 10.9 Å². The molecule has 0 unspecified atom stereocenters. The number of halogens is 1. The van der Waals surface area contributed by atoms with Gasteiger partial charge in [-0.25, -0.2) is 9.97 Å². The Kier molecular flexibility index (Phi) is 4.65. The molecule has 6 heteroatoms. The molecule has 1 atom stereocenters. The van der Waals surface area contributed by atoms with E-state index in [1.165, 1.54) is 5.56 Å². The van der Waals surface area contributed by atoms with Gasteiger partial charge in [0.25, 0.3) is 0 Å². The van der Waals surface area contributed by atoms with Crippen molar-refractivity contribution in [3.8, 4) is 0 Å². The molecule has 25 heavy (non-hydrogen) atoms. The fourth-order valence-corrected chi connectivity index (χ4v) is 3.57. The third-order valence-electron chi connectivity index (χ3n) is 4.65. The van der Waals surface area contributed by atoms with E-state index in [-0.39, 0.29) is 0 Å². The first-order valence-corrected chi connectivity index (χ1v) is 8.94. The van der Waals surface area contributed by atoms with Crippen molar-refractivity contribution in [2.24, 2.45) is 0 Å². The number of aromatic nitrogens is 4. The second kappa shape index (κ2) is 7.23. The highest BCUT2D eigenvalue weighted by Gasteiger charge is 2.25. The van der Waals surface area contributed by atoms with Crippen molar-refractivity contribution in [1.29, 1.82) is 0 Å². The topological polar surface area (TPSA) is 46.8 Å². The molecule has 1 saturated heterocycles. The molecule has 0 N–H and O–H groups in total. The summed E-state index contributed by atoms with van der Waals surface area (Å²) < 4.78 is 2.24. The molecule has 1 aliphatic heterocycles. The zero-order valence-electron chi connectivity index (χ0n) is 13.9. The summed E-state index contributed by atoms with van der Waals surface area (Å²) >= 11 is 5.96. The number of nitrogens with zero attached hydrogens (tertiary/aromatic N) is 5. The maximum Gasteiger partial charge on any atom is 0.128 e. The molecule has 3 aromatic heterocycles. The van der Waals surface area contributed by atoms with E-state index in [4.69, 9.17) is 11.6 Å². The third-order valence-corrected chi connectivity index (χ3v) is 4.87. The van der Waals surface area contributed by atoms with Gasteiger partial charge in [0, 0.05) is 50.0 Å². The van der Waals surface area contributed by atoms with Crippen molar-refractivity contribution in [2.75, 3.05) is 18.0 Å². The van der Waals surface area contributed by atoms with Crippen molar-refractivity contribution in [3.05, 3.63) is 71.7 Å². The van der Waals surface area contributed by atoms with Crippen molar-refractivity contribution in [2.45, 2.75) is 25.3 Å². The van der Waals surface area contributed by atoms with Crippen LogP contribution in [0.2, 0.25) is 5.02 Å². The van der Waals surface area contributed by atoms with Crippen LogP contribution in [0.25, 0.3) is 0 Å². The molecule has 4 rings (SSSR count). The summed E-state index contributed by atoms with van der Waals surface area (Å²) in [6.07, 6.45) is 11.7. The Morgan fingerprint density at radius 2 is 2.08 bits per heavy atom. The Bertz CT molecular complexity index is 815. The quantitative estimate of drug-likeness (QED) is 0.716. The van der Waals surface area contributed by atoms with Gasteiger partial charge in [-0.2, -0.15) is 0 Å². The van der Waals surface area contributed by atoms with Crippen LogP contribution in [0, 0.1) is 0 Å². The summed E-state index contributed by atoms with van der Waals surface area (Å²) in [7, 11) is 0. The highest BCUT2D eigenvalue weighted by molar-refractivity contribution is 6.30. The zero-order valence-corrected chi connectivity index (χ0v) is 14.7. The molecule has 0 bridgehead atoms. The molecule has 1 aliphatic rings. The summed E-state index contributed by atoms with van der Waals surface area (Å²) in [6.45, 7) is 2.76. The van der Waals surface area contributed by atoms with Crippen molar-refractivity contribution in [1.82, 2.24) is 19.5 Å². The Hall–Kier alpha value is -2.40. The van der Waals surface area contributed by atoms with Crippen LogP contribution in [-0.2, 0) is 6.54 Å². The lowest BCUT2D eigenvalue weighted by atomic mass is 9.97. The highest BCUT2D eigenvalue weighted by atomic mass is 35.5. The molecule has 0 aromatic carbocycles. The van der Waals surface area contributed by atoms with E-state index in [2.05, 4.69) is 36.7 Å². The SMILES string of the molecule is Clc1ccc(N2CCC[C@H](c3nccn3Cc3cccnc3)C2)nc1. The molecular formula is C19H20ClN5. The van der Waals surface area contributed by atoms with Gasteiger partial charge in [-0.05, 0) is 36.6 Å². The van der Waals surface area contributed by atoms with Crippen LogP contribution in [0.15, 0.2) is 55.2 Å². The second-order valence-corrected chi connectivity index (χ2v) is 6.83. The summed E-state index contributed by atoms with van der Waals surface area (Å²) in [4.78, 5) is 15.7.